The van der Waals surface area contributed by atoms with Gasteiger partial charge in [0.2, 0.25) is 0 Å². The van der Waals surface area contributed by atoms with Crippen molar-refractivity contribution >= 4 is 17.3 Å². The lowest BCUT2D eigenvalue weighted by molar-refractivity contribution is -0.384. The van der Waals surface area contributed by atoms with E-state index in [0.29, 0.717) is 0 Å². The molecule has 2 aromatic rings. The van der Waals surface area contributed by atoms with E-state index >= 15 is 0 Å². The van der Waals surface area contributed by atoms with Crippen LogP contribution in [0.5, 0.6) is 5.75 Å². The summed E-state index contributed by atoms with van der Waals surface area (Å²) in [6, 6.07) is 6.38. The van der Waals surface area contributed by atoms with Gasteiger partial charge >= 0.3 is 0 Å². The number of benzene rings is 1. The molecule has 0 saturated heterocycles. The highest BCUT2D eigenvalue weighted by Crippen LogP contribution is 2.28. The standard InChI is InChI=1S/C11H8N2O5/c14-9-6-7(13(16)17)3-4-8(9)12-11(15)10-2-1-5-18-10/h1-6,14H,(H,12,15). The molecule has 7 heteroatoms. The Labute approximate surface area is 101 Å². The van der Waals surface area contributed by atoms with E-state index in [-0.39, 0.29) is 22.9 Å². The van der Waals surface area contributed by atoms with Crippen molar-refractivity contribution in [3.05, 3.63) is 52.5 Å². The van der Waals surface area contributed by atoms with Gasteiger partial charge in [-0.3, -0.25) is 14.9 Å². The van der Waals surface area contributed by atoms with Crippen molar-refractivity contribution in [2.45, 2.75) is 0 Å². The summed E-state index contributed by atoms with van der Waals surface area (Å²) in [5, 5.41) is 22.4. The van der Waals surface area contributed by atoms with E-state index in [1.54, 1.807) is 6.07 Å². The zero-order valence-corrected chi connectivity index (χ0v) is 8.99. The lowest BCUT2D eigenvalue weighted by atomic mass is 10.2. The fourth-order valence-corrected chi connectivity index (χ4v) is 1.33. The van der Waals surface area contributed by atoms with Crippen molar-refractivity contribution in [1.82, 2.24) is 0 Å². The quantitative estimate of drug-likeness (QED) is 0.491. The van der Waals surface area contributed by atoms with Crippen LogP contribution in [0.15, 0.2) is 41.0 Å². The Bertz CT molecular complexity index is 591. The molecular formula is C11H8N2O5. The predicted molar refractivity (Wildman–Crippen MR) is 61.4 cm³/mol. The van der Waals surface area contributed by atoms with Gasteiger partial charge in [0, 0.05) is 6.07 Å². The van der Waals surface area contributed by atoms with Gasteiger partial charge in [-0.2, -0.15) is 0 Å². The summed E-state index contributed by atoms with van der Waals surface area (Å²) in [4.78, 5) is 21.4. The minimum absolute atomic E-state index is 0.0713. The lowest BCUT2D eigenvalue weighted by Crippen LogP contribution is -2.10. The monoisotopic (exact) mass is 248 g/mol. The third kappa shape index (κ3) is 2.29. The molecule has 0 spiro atoms. The van der Waals surface area contributed by atoms with Crippen molar-refractivity contribution in [1.29, 1.82) is 0 Å². The smallest absolute Gasteiger partial charge is 0.291 e. The van der Waals surface area contributed by atoms with Gasteiger partial charge in [0.25, 0.3) is 11.6 Å². The third-order valence-corrected chi connectivity index (χ3v) is 2.19. The average Bonchev–Trinajstić information content (AvgIpc) is 2.85. The number of nitro groups is 1. The van der Waals surface area contributed by atoms with Crippen LogP contribution in [0.2, 0.25) is 0 Å². The summed E-state index contributed by atoms with van der Waals surface area (Å²) < 4.78 is 4.87. The molecule has 0 aliphatic carbocycles. The number of furan rings is 1. The Hall–Kier alpha value is -2.83. The molecule has 0 bridgehead atoms. The summed E-state index contributed by atoms with van der Waals surface area (Å²) in [5.74, 6) is -0.860. The molecule has 1 aromatic carbocycles. The number of non-ortho nitro benzene ring substituents is 1. The first-order chi connectivity index (χ1) is 8.58. The Morgan fingerprint density at radius 2 is 2.17 bits per heavy atom. The van der Waals surface area contributed by atoms with Crippen molar-refractivity contribution in [2.24, 2.45) is 0 Å². The Balaban J connectivity index is 2.20. The first-order valence-electron chi connectivity index (χ1n) is 4.90. The summed E-state index contributed by atoms with van der Waals surface area (Å²) >= 11 is 0. The van der Waals surface area contributed by atoms with E-state index in [2.05, 4.69) is 5.32 Å². The Kier molecular flexibility index (Phi) is 2.96. The molecule has 0 atom stereocenters. The number of anilines is 1. The third-order valence-electron chi connectivity index (χ3n) is 2.19. The molecule has 0 saturated carbocycles. The zero-order chi connectivity index (χ0) is 13.1. The van der Waals surface area contributed by atoms with Crippen LogP contribution in [0.3, 0.4) is 0 Å². The normalized spacial score (nSPS) is 10.0. The highest BCUT2D eigenvalue weighted by molar-refractivity contribution is 6.03. The predicted octanol–water partition coefficient (Wildman–Crippen LogP) is 2.15. The van der Waals surface area contributed by atoms with Gasteiger partial charge in [-0.25, -0.2) is 0 Å². The van der Waals surface area contributed by atoms with E-state index in [1.165, 1.54) is 24.5 Å². The molecule has 0 unspecified atom stereocenters. The summed E-state index contributed by atoms with van der Waals surface area (Å²) in [6.45, 7) is 0. The SMILES string of the molecule is O=C(Nc1ccc([N+](=O)[O-])cc1O)c1ccco1. The maximum absolute atomic E-state index is 11.6. The lowest BCUT2D eigenvalue weighted by Gasteiger charge is -2.05. The fourth-order valence-electron chi connectivity index (χ4n) is 1.33. The molecule has 0 aliphatic rings. The number of carbonyl (C=O) groups excluding carboxylic acids is 1. The topological polar surface area (TPSA) is 106 Å². The van der Waals surface area contributed by atoms with Crippen molar-refractivity contribution in [3.63, 3.8) is 0 Å². The van der Waals surface area contributed by atoms with E-state index in [1.807, 2.05) is 0 Å². The van der Waals surface area contributed by atoms with Gasteiger partial charge in [0.1, 0.15) is 5.75 Å². The van der Waals surface area contributed by atoms with Crippen molar-refractivity contribution in [2.75, 3.05) is 5.32 Å². The van der Waals surface area contributed by atoms with Crippen molar-refractivity contribution in [3.8, 4) is 5.75 Å². The van der Waals surface area contributed by atoms with Crippen LogP contribution in [0.4, 0.5) is 11.4 Å². The number of nitrogens with one attached hydrogen (secondary N) is 1. The Morgan fingerprint density at radius 1 is 1.39 bits per heavy atom. The molecule has 2 rings (SSSR count). The average molecular weight is 248 g/mol. The number of phenolic OH excluding ortho intramolecular Hbond substituents is 1. The second-order valence-electron chi connectivity index (χ2n) is 3.39. The minimum Gasteiger partial charge on any atom is -0.506 e. The van der Waals surface area contributed by atoms with Gasteiger partial charge in [-0.1, -0.05) is 0 Å². The van der Waals surface area contributed by atoms with Crippen LogP contribution in [-0.2, 0) is 0 Å². The molecular weight excluding hydrogens is 240 g/mol. The summed E-state index contributed by atoms with van der Waals surface area (Å²) in [5.41, 5.74) is -0.189. The van der Waals surface area contributed by atoms with Crippen LogP contribution < -0.4 is 5.32 Å². The number of rotatable bonds is 3. The summed E-state index contributed by atoms with van der Waals surface area (Å²) in [7, 11) is 0. The molecule has 1 amide bonds. The number of aromatic hydroxyl groups is 1. The number of hydrogen-bond donors (Lipinski definition) is 2. The highest BCUT2D eigenvalue weighted by Gasteiger charge is 2.14. The maximum atomic E-state index is 11.6. The molecule has 7 nitrogen and oxygen atoms in total. The number of carbonyl (C=O) groups is 1. The molecule has 92 valence electrons. The second kappa shape index (κ2) is 4.58. The molecule has 0 radical (unpaired) electrons. The first kappa shape index (κ1) is 11.6. The molecule has 1 aromatic heterocycles. The van der Waals surface area contributed by atoms with Gasteiger partial charge < -0.3 is 14.8 Å². The Morgan fingerprint density at radius 3 is 2.72 bits per heavy atom. The van der Waals surface area contributed by atoms with Gasteiger partial charge in [0.05, 0.1) is 22.9 Å². The van der Waals surface area contributed by atoms with Gasteiger partial charge in [0.15, 0.2) is 5.76 Å². The number of nitro benzene ring substituents is 1. The van der Waals surface area contributed by atoms with Crippen LogP contribution in [0, 0.1) is 10.1 Å². The molecule has 1 heterocycles. The van der Waals surface area contributed by atoms with E-state index < -0.39 is 10.8 Å². The van der Waals surface area contributed by atoms with Crippen molar-refractivity contribution < 1.29 is 19.2 Å². The number of phenols is 1. The van der Waals surface area contributed by atoms with Crippen LogP contribution >= 0.6 is 0 Å². The van der Waals surface area contributed by atoms with E-state index in [0.717, 1.165) is 6.07 Å². The zero-order valence-electron chi connectivity index (χ0n) is 8.99. The number of amides is 1. The maximum Gasteiger partial charge on any atom is 0.291 e. The summed E-state index contributed by atoms with van der Waals surface area (Å²) in [6.07, 6.45) is 1.34. The largest absolute Gasteiger partial charge is 0.506 e. The van der Waals surface area contributed by atoms with Gasteiger partial charge in [-0.15, -0.1) is 0 Å². The minimum atomic E-state index is -0.641. The molecule has 0 aliphatic heterocycles. The van der Waals surface area contributed by atoms with E-state index in [9.17, 15) is 20.0 Å². The van der Waals surface area contributed by atoms with Crippen LogP contribution in [-0.4, -0.2) is 15.9 Å². The number of hydrogen-bond acceptors (Lipinski definition) is 5. The fraction of sp³-hybridized carbons (Fsp3) is 0. The van der Waals surface area contributed by atoms with Crippen LogP contribution in [0.1, 0.15) is 10.6 Å². The van der Waals surface area contributed by atoms with Crippen LogP contribution in [0.25, 0.3) is 0 Å². The molecule has 18 heavy (non-hydrogen) atoms. The number of nitrogens with zero attached hydrogens (tertiary/aromatic N) is 1. The van der Waals surface area contributed by atoms with Gasteiger partial charge in [-0.05, 0) is 18.2 Å². The van der Waals surface area contributed by atoms with E-state index in [4.69, 9.17) is 4.42 Å². The first-order valence-corrected chi connectivity index (χ1v) is 4.90. The second-order valence-corrected chi connectivity index (χ2v) is 3.39. The molecule has 2 N–H and O–H groups in total. The molecule has 0 fully saturated rings. The highest BCUT2D eigenvalue weighted by atomic mass is 16.6.